The molecule has 1 unspecified atom stereocenters. The Bertz CT molecular complexity index is 604. The molecule has 1 fully saturated rings. The first kappa shape index (κ1) is 16.7. The number of ketones is 1. The van der Waals surface area contributed by atoms with Gasteiger partial charge in [0.25, 0.3) is 0 Å². The first-order chi connectivity index (χ1) is 10.9. The van der Waals surface area contributed by atoms with E-state index >= 15 is 0 Å². The molecule has 2 atom stereocenters. The van der Waals surface area contributed by atoms with Gasteiger partial charge in [-0.05, 0) is 47.8 Å². The van der Waals surface area contributed by atoms with Crippen molar-refractivity contribution < 1.29 is 4.79 Å². The number of hydrogen-bond acceptors (Lipinski definition) is 3. The van der Waals surface area contributed by atoms with Crippen molar-refractivity contribution in [2.45, 2.75) is 58.5 Å². The van der Waals surface area contributed by atoms with E-state index in [2.05, 4.69) is 38.7 Å². The predicted octanol–water partition coefficient (Wildman–Crippen LogP) is 3.36. The molecule has 2 aliphatic carbocycles. The van der Waals surface area contributed by atoms with Crippen LogP contribution in [0.3, 0.4) is 0 Å². The summed E-state index contributed by atoms with van der Waals surface area (Å²) in [5.74, 6) is 1.41. The number of hydrogen-bond donors (Lipinski definition) is 1. The number of nitrogens with zero attached hydrogens (tertiary/aromatic N) is 1. The second kappa shape index (κ2) is 6.03. The molecule has 0 spiro atoms. The molecule has 1 aromatic carbocycles. The van der Waals surface area contributed by atoms with Gasteiger partial charge >= 0.3 is 0 Å². The third kappa shape index (κ3) is 2.85. The Kier molecular flexibility index (Phi) is 4.37. The summed E-state index contributed by atoms with van der Waals surface area (Å²) in [6.07, 6.45) is 2.65. The number of fused-ring (bicyclic) bond motifs is 1. The van der Waals surface area contributed by atoms with Crippen molar-refractivity contribution in [2.75, 3.05) is 13.1 Å². The van der Waals surface area contributed by atoms with Crippen molar-refractivity contribution >= 4 is 5.78 Å². The topological polar surface area (TPSA) is 46.3 Å². The molecule has 3 nitrogen and oxygen atoms in total. The van der Waals surface area contributed by atoms with Gasteiger partial charge in [-0.2, -0.15) is 0 Å². The van der Waals surface area contributed by atoms with Gasteiger partial charge in [-0.15, -0.1) is 0 Å². The second-order valence-electron chi connectivity index (χ2n) is 7.93. The van der Waals surface area contributed by atoms with E-state index < -0.39 is 0 Å². The van der Waals surface area contributed by atoms with Crippen molar-refractivity contribution in [3.8, 4) is 0 Å². The van der Waals surface area contributed by atoms with Gasteiger partial charge in [0.15, 0.2) is 5.78 Å². The average molecular weight is 314 g/mol. The lowest BCUT2D eigenvalue weighted by molar-refractivity contribution is 0.0595. The quantitative estimate of drug-likeness (QED) is 0.906. The van der Waals surface area contributed by atoms with Crippen LogP contribution in [0.2, 0.25) is 0 Å². The molecule has 0 aromatic heterocycles. The smallest absolute Gasteiger partial charge is 0.180 e. The van der Waals surface area contributed by atoms with Gasteiger partial charge in [-0.25, -0.2) is 0 Å². The summed E-state index contributed by atoms with van der Waals surface area (Å²) >= 11 is 0. The third-order valence-corrected chi connectivity index (χ3v) is 6.15. The Morgan fingerprint density at radius 1 is 1.30 bits per heavy atom. The fraction of sp³-hybridized carbons (Fsp3) is 0.650. The molecule has 0 bridgehead atoms. The summed E-state index contributed by atoms with van der Waals surface area (Å²) in [5, 5.41) is 0. The highest BCUT2D eigenvalue weighted by Crippen LogP contribution is 2.44. The highest BCUT2D eigenvalue weighted by Gasteiger charge is 2.47. The van der Waals surface area contributed by atoms with E-state index in [1.54, 1.807) is 0 Å². The van der Waals surface area contributed by atoms with Crippen LogP contribution in [0.4, 0.5) is 0 Å². The first-order valence-electron chi connectivity index (χ1n) is 9.01. The van der Waals surface area contributed by atoms with Gasteiger partial charge in [0.1, 0.15) is 0 Å². The molecule has 0 saturated heterocycles. The normalized spacial score (nSPS) is 26.4. The zero-order valence-electron chi connectivity index (χ0n) is 14.9. The van der Waals surface area contributed by atoms with Gasteiger partial charge < -0.3 is 5.73 Å². The Hall–Kier alpha value is -1.19. The Labute approximate surface area is 140 Å². The summed E-state index contributed by atoms with van der Waals surface area (Å²) in [7, 11) is 0. The van der Waals surface area contributed by atoms with Crippen LogP contribution in [0.5, 0.6) is 0 Å². The van der Waals surface area contributed by atoms with Crippen LogP contribution in [0.25, 0.3) is 0 Å². The molecule has 0 aliphatic heterocycles. The van der Waals surface area contributed by atoms with E-state index in [9.17, 15) is 4.79 Å². The molecular formula is C20H30N2O. The van der Waals surface area contributed by atoms with E-state index in [0.29, 0.717) is 18.2 Å². The SMILES string of the molecule is CCN(CC1CC1)C1C(=O)c2ccc(CN)cc2C(C)(C)[C@H]1C. The van der Waals surface area contributed by atoms with Crippen LogP contribution in [0.15, 0.2) is 18.2 Å². The predicted molar refractivity (Wildman–Crippen MR) is 94.6 cm³/mol. The van der Waals surface area contributed by atoms with Crippen molar-refractivity contribution in [3.05, 3.63) is 34.9 Å². The largest absolute Gasteiger partial charge is 0.326 e. The number of likely N-dealkylation sites (N-methyl/N-ethyl adjacent to an activating group) is 1. The number of carbonyl (C=O) groups is 1. The lowest BCUT2D eigenvalue weighted by Crippen LogP contribution is -2.55. The maximum Gasteiger partial charge on any atom is 0.180 e. The minimum absolute atomic E-state index is 0.00632. The minimum Gasteiger partial charge on any atom is -0.326 e. The van der Waals surface area contributed by atoms with Gasteiger partial charge in [0, 0.05) is 18.7 Å². The number of nitrogens with two attached hydrogens (primary N) is 1. The average Bonchev–Trinajstić information content (AvgIpc) is 3.36. The summed E-state index contributed by atoms with van der Waals surface area (Å²) in [6, 6.07) is 6.17. The van der Waals surface area contributed by atoms with Gasteiger partial charge in [0.05, 0.1) is 6.04 Å². The van der Waals surface area contributed by atoms with Gasteiger partial charge in [-0.1, -0.05) is 45.9 Å². The first-order valence-corrected chi connectivity index (χ1v) is 9.01. The van der Waals surface area contributed by atoms with Crippen LogP contribution in [-0.2, 0) is 12.0 Å². The maximum atomic E-state index is 13.2. The van der Waals surface area contributed by atoms with Crippen LogP contribution < -0.4 is 5.73 Å². The van der Waals surface area contributed by atoms with Gasteiger partial charge in [0.2, 0.25) is 0 Å². The molecule has 0 heterocycles. The summed E-state index contributed by atoms with van der Waals surface area (Å²) in [6.45, 7) is 11.5. The van der Waals surface area contributed by atoms with Crippen LogP contribution in [-0.4, -0.2) is 29.8 Å². The highest BCUT2D eigenvalue weighted by atomic mass is 16.1. The van der Waals surface area contributed by atoms with Crippen molar-refractivity contribution in [2.24, 2.45) is 17.6 Å². The summed E-state index contributed by atoms with van der Waals surface area (Å²) in [4.78, 5) is 15.7. The molecule has 1 saturated carbocycles. The van der Waals surface area contributed by atoms with Crippen LogP contribution in [0.1, 0.15) is 62.0 Å². The van der Waals surface area contributed by atoms with Gasteiger partial charge in [-0.3, -0.25) is 9.69 Å². The molecule has 126 valence electrons. The van der Waals surface area contributed by atoms with Crippen molar-refractivity contribution in [1.82, 2.24) is 4.90 Å². The number of carbonyl (C=O) groups excluding carboxylic acids is 1. The van der Waals surface area contributed by atoms with E-state index in [1.165, 1.54) is 18.4 Å². The zero-order chi connectivity index (χ0) is 16.8. The van der Waals surface area contributed by atoms with Crippen molar-refractivity contribution in [3.63, 3.8) is 0 Å². The summed E-state index contributed by atoms with van der Waals surface area (Å²) in [5.41, 5.74) is 8.98. The Morgan fingerprint density at radius 3 is 2.57 bits per heavy atom. The number of Topliss-reactive ketones (excluding diaryl/α,β-unsaturated/α-hetero) is 1. The lowest BCUT2D eigenvalue weighted by Gasteiger charge is -2.47. The Morgan fingerprint density at radius 2 is 2.00 bits per heavy atom. The maximum absolute atomic E-state index is 13.2. The molecule has 0 amide bonds. The van der Waals surface area contributed by atoms with E-state index in [4.69, 9.17) is 5.73 Å². The van der Waals surface area contributed by atoms with Crippen LogP contribution >= 0.6 is 0 Å². The number of benzene rings is 1. The Balaban J connectivity index is 2.01. The van der Waals surface area contributed by atoms with E-state index in [-0.39, 0.29) is 11.5 Å². The van der Waals surface area contributed by atoms with E-state index in [1.807, 2.05) is 12.1 Å². The monoisotopic (exact) mass is 314 g/mol. The molecule has 23 heavy (non-hydrogen) atoms. The minimum atomic E-state index is -0.0178. The molecule has 1 aromatic rings. The second-order valence-corrected chi connectivity index (χ2v) is 7.93. The molecule has 0 radical (unpaired) electrons. The molecule has 3 rings (SSSR count). The molecule has 3 heteroatoms. The lowest BCUT2D eigenvalue weighted by atomic mass is 9.63. The molecule has 2 aliphatic rings. The third-order valence-electron chi connectivity index (χ3n) is 6.15. The molecular weight excluding hydrogens is 284 g/mol. The number of rotatable bonds is 5. The standard InChI is InChI=1S/C20H30N2O/c1-5-22(12-14-6-7-14)18-13(2)20(3,4)17-10-15(11-21)8-9-16(17)19(18)23/h8-10,13-14,18H,5-7,11-12,21H2,1-4H3/t13-,18?/m0/s1. The highest BCUT2D eigenvalue weighted by molar-refractivity contribution is 6.03. The summed E-state index contributed by atoms with van der Waals surface area (Å²) < 4.78 is 0. The fourth-order valence-electron chi connectivity index (χ4n) is 4.05. The van der Waals surface area contributed by atoms with E-state index in [0.717, 1.165) is 30.1 Å². The van der Waals surface area contributed by atoms with Crippen LogP contribution in [0, 0.1) is 11.8 Å². The molecule has 2 N–H and O–H groups in total. The zero-order valence-corrected chi connectivity index (χ0v) is 14.9. The fourth-order valence-corrected chi connectivity index (χ4v) is 4.05. The van der Waals surface area contributed by atoms with Crippen molar-refractivity contribution in [1.29, 1.82) is 0 Å².